The lowest BCUT2D eigenvalue weighted by Gasteiger charge is -2.15. The maximum atomic E-state index is 13.3. The number of aliphatic carboxylic acids is 1. The minimum Gasteiger partial charge on any atom is -0.481 e. The van der Waals surface area contributed by atoms with Crippen molar-refractivity contribution in [2.75, 3.05) is 18.4 Å². The van der Waals surface area contributed by atoms with E-state index in [4.69, 9.17) is 17.3 Å². The Labute approximate surface area is 210 Å². The Morgan fingerprint density at radius 2 is 1.91 bits per heavy atom. The van der Waals surface area contributed by atoms with E-state index in [-0.39, 0.29) is 47.8 Å². The molecule has 11 heteroatoms. The molecular weight excluding hydrogens is 488 g/mol. The summed E-state index contributed by atoms with van der Waals surface area (Å²) in [4.78, 5) is 43.2. The van der Waals surface area contributed by atoms with Crippen LogP contribution in [0.1, 0.15) is 30.1 Å². The molecule has 3 heterocycles. The van der Waals surface area contributed by atoms with Gasteiger partial charge in [-0.2, -0.15) is 0 Å². The molecule has 1 amide bonds. The molecule has 0 radical (unpaired) electrons. The van der Waals surface area contributed by atoms with Crippen LogP contribution < -0.4 is 10.9 Å². The lowest BCUT2D eigenvalue weighted by molar-refractivity contribution is -0.137. The normalized spacial score (nSPS) is 15.7. The number of hydrogen-bond acceptors (Lipinski definition) is 8. The van der Waals surface area contributed by atoms with Crippen LogP contribution in [0.3, 0.4) is 0 Å². The summed E-state index contributed by atoms with van der Waals surface area (Å²) in [6, 6.07) is 14.2. The van der Waals surface area contributed by atoms with Crippen molar-refractivity contribution >= 4 is 57.7 Å². The number of amides is 1. The molecule has 1 saturated heterocycles. The molecule has 1 aliphatic heterocycles. The SMILES string of the molecule is O=C(O)CCCN1C(=O)/C(=C/c2c(NCC(O)c3ccccc3)nc3ccccn3c2=O)SC1=S. The number of fused-ring (bicyclic) bond motifs is 1. The number of carboxylic acids is 1. The van der Waals surface area contributed by atoms with Gasteiger partial charge in [0.1, 0.15) is 15.8 Å². The number of thiocarbonyl (C=S) groups is 1. The largest absolute Gasteiger partial charge is 0.481 e. The predicted octanol–water partition coefficient (Wildman–Crippen LogP) is 2.91. The number of aliphatic hydroxyl groups excluding tert-OH is 1. The zero-order chi connectivity index (χ0) is 24.9. The number of carbonyl (C=O) groups is 2. The highest BCUT2D eigenvalue weighted by Crippen LogP contribution is 2.33. The van der Waals surface area contributed by atoms with E-state index >= 15 is 0 Å². The first-order chi connectivity index (χ1) is 16.8. The molecule has 3 aromatic rings. The zero-order valence-electron chi connectivity index (χ0n) is 18.5. The number of carbonyl (C=O) groups excluding carboxylic acids is 1. The van der Waals surface area contributed by atoms with Crippen molar-refractivity contribution < 1.29 is 19.8 Å². The zero-order valence-corrected chi connectivity index (χ0v) is 20.1. The Bertz CT molecular complexity index is 1370. The van der Waals surface area contributed by atoms with Gasteiger partial charge in [0.05, 0.1) is 16.6 Å². The van der Waals surface area contributed by atoms with Gasteiger partial charge in [0.2, 0.25) is 0 Å². The Hall–Kier alpha value is -3.54. The predicted molar refractivity (Wildman–Crippen MR) is 138 cm³/mol. The molecule has 0 spiro atoms. The molecular formula is C24H22N4O5S2. The molecule has 3 N–H and O–H groups in total. The second-order valence-electron chi connectivity index (χ2n) is 7.75. The first-order valence-corrected chi connectivity index (χ1v) is 12.0. The summed E-state index contributed by atoms with van der Waals surface area (Å²) >= 11 is 6.35. The number of anilines is 1. The lowest BCUT2D eigenvalue weighted by atomic mass is 10.1. The first kappa shape index (κ1) is 24.6. The van der Waals surface area contributed by atoms with Crippen molar-refractivity contribution in [2.24, 2.45) is 0 Å². The van der Waals surface area contributed by atoms with Gasteiger partial charge in [0, 0.05) is 25.7 Å². The summed E-state index contributed by atoms with van der Waals surface area (Å²) in [7, 11) is 0. The second kappa shape index (κ2) is 10.8. The van der Waals surface area contributed by atoms with Crippen molar-refractivity contribution in [3.05, 3.63) is 81.1 Å². The number of benzene rings is 1. The van der Waals surface area contributed by atoms with Crippen LogP contribution in [0.15, 0.2) is 64.4 Å². The number of aliphatic hydroxyl groups is 1. The molecule has 4 rings (SSSR count). The Morgan fingerprint density at radius 1 is 1.17 bits per heavy atom. The fourth-order valence-corrected chi connectivity index (χ4v) is 4.86. The average Bonchev–Trinajstić information content (AvgIpc) is 3.12. The fourth-order valence-electron chi connectivity index (χ4n) is 3.57. The molecule has 0 aliphatic carbocycles. The van der Waals surface area contributed by atoms with Gasteiger partial charge in [0.25, 0.3) is 11.5 Å². The van der Waals surface area contributed by atoms with Gasteiger partial charge < -0.3 is 15.5 Å². The van der Waals surface area contributed by atoms with Crippen LogP contribution in [0.25, 0.3) is 11.7 Å². The molecule has 35 heavy (non-hydrogen) atoms. The minimum absolute atomic E-state index is 0.0795. The molecule has 180 valence electrons. The molecule has 1 aromatic carbocycles. The van der Waals surface area contributed by atoms with Gasteiger partial charge in [-0.15, -0.1) is 0 Å². The summed E-state index contributed by atoms with van der Waals surface area (Å²) < 4.78 is 1.67. The topological polar surface area (TPSA) is 124 Å². The Morgan fingerprint density at radius 3 is 2.66 bits per heavy atom. The van der Waals surface area contributed by atoms with E-state index in [9.17, 15) is 19.5 Å². The Balaban J connectivity index is 1.65. The van der Waals surface area contributed by atoms with E-state index in [1.54, 1.807) is 36.5 Å². The number of nitrogens with one attached hydrogen (secondary N) is 1. The van der Waals surface area contributed by atoms with Gasteiger partial charge in [-0.05, 0) is 30.2 Å². The van der Waals surface area contributed by atoms with Gasteiger partial charge in [-0.1, -0.05) is 60.4 Å². The summed E-state index contributed by atoms with van der Waals surface area (Å²) in [5, 5.41) is 22.5. The third kappa shape index (κ3) is 5.59. The molecule has 0 saturated carbocycles. The first-order valence-electron chi connectivity index (χ1n) is 10.8. The Kier molecular flexibility index (Phi) is 7.59. The highest BCUT2D eigenvalue weighted by Gasteiger charge is 2.32. The van der Waals surface area contributed by atoms with E-state index in [0.29, 0.717) is 15.5 Å². The molecule has 1 fully saturated rings. The van der Waals surface area contributed by atoms with Crippen molar-refractivity contribution in [2.45, 2.75) is 18.9 Å². The van der Waals surface area contributed by atoms with Crippen LogP contribution in [0.4, 0.5) is 5.82 Å². The summed E-state index contributed by atoms with van der Waals surface area (Å²) in [6.45, 7) is 0.272. The summed E-state index contributed by atoms with van der Waals surface area (Å²) in [6.07, 6.45) is 2.38. The van der Waals surface area contributed by atoms with Gasteiger partial charge in [-0.3, -0.25) is 23.7 Å². The quantitative estimate of drug-likeness (QED) is 0.294. The van der Waals surface area contributed by atoms with Crippen LogP contribution in [0.5, 0.6) is 0 Å². The second-order valence-corrected chi connectivity index (χ2v) is 9.42. The summed E-state index contributed by atoms with van der Waals surface area (Å²) in [5.74, 6) is -1.11. The number of nitrogens with zero attached hydrogens (tertiary/aromatic N) is 3. The van der Waals surface area contributed by atoms with Crippen molar-refractivity contribution in [1.29, 1.82) is 0 Å². The molecule has 1 aliphatic rings. The number of carboxylic acid groups (broad SMARTS) is 1. The van der Waals surface area contributed by atoms with Crippen molar-refractivity contribution in [3.8, 4) is 0 Å². The van der Waals surface area contributed by atoms with Gasteiger partial charge in [-0.25, -0.2) is 4.98 Å². The molecule has 0 bridgehead atoms. The van der Waals surface area contributed by atoms with Crippen LogP contribution in [0.2, 0.25) is 0 Å². The van der Waals surface area contributed by atoms with Crippen molar-refractivity contribution in [1.82, 2.24) is 14.3 Å². The van der Waals surface area contributed by atoms with E-state index in [1.807, 2.05) is 18.2 Å². The number of pyridine rings is 1. The molecule has 1 unspecified atom stereocenters. The third-order valence-corrected chi connectivity index (χ3v) is 6.72. The molecule has 1 atom stereocenters. The lowest BCUT2D eigenvalue weighted by Crippen LogP contribution is -2.29. The summed E-state index contributed by atoms with van der Waals surface area (Å²) in [5.41, 5.74) is 0.886. The van der Waals surface area contributed by atoms with Crippen LogP contribution in [0, 0.1) is 0 Å². The minimum atomic E-state index is -0.949. The third-order valence-electron chi connectivity index (χ3n) is 5.34. The number of aromatic nitrogens is 2. The maximum Gasteiger partial charge on any atom is 0.303 e. The number of rotatable bonds is 9. The highest BCUT2D eigenvalue weighted by atomic mass is 32.2. The van der Waals surface area contributed by atoms with Crippen molar-refractivity contribution in [3.63, 3.8) is 0 Å². The van der Waals surface area contributed by atoms with Crippen LogP contribution in [-0.4, -0.2) is 53.8 Å². The van der Waals surface area contributed by atoms with E-state index < -0.39 is 18.0 Å². The maximum absolute atomic E-state index is 13.3. The van der Waals surface area contributed by atoms with Gasteiger partial charge in [0.15, 0.2) is 0 Å². The molecule has 2 aromatic heterocycles. The fraction of sp³-hybridized carbons (Fsp3) is 0.208. The number of thioether (sulfide) groups is 1. The number of hydrogen-bond donors (Lipinski definition) is 3. The smallest absolute Gasteiger partial charge is 0.303 e. The van der Waals surface area contributed by atoms with Gasteiger partial charge >= 0.3 is 5.97 Å². The average molecular weight is 511 g/mol. The van der Waals surface area contributed by atoms with E-state index in [1.165, 1.54) is 15.4 Å². The van der Waals surface area contributed by atoms with E-state index in [2.05, 4.69) is 10.3 Å². The van der Waals surface area contributed by atoms with E-state index in [0.717, 1.165) is 11.8 Å². The van der Waals surface area contributed by atoms with Crippen LogP contribution in [-0.2, 0) is 9.59 Å². The highest BCUT2D eigenvalue weighted by molar-refractivity contribution is 8.26. The molecule has 9 nitrogen and oxygen atoms in total. The van der Waals surface area contributed by atoms with Crippen LogP contribution >= 0.6 is 24.0 Å². The monoisotopic (exact) mass is 510 g/mol. The standard InChI is InChI=1S/C24H22N4O5S2/c29-17(15-7-2-1-3-8-15)14-25-21-16(22(32)27-11-5-4-9-19(27)26-21)13-18-23(33)28(24(34)35-18)12-6-10-20(30)31/h1-5,7-9,11,13,17,25,29H,6,10,12,14H2,(H,30,31)/b18-13-.